The molecule has 31 heavy (non-hydrogen) atoms. The lowest BCUT2D eigenvalue weighted by atomic mass is 10.2. The van der Waals surface area contributed by atoms with Crippen LogP contribution in [0, 0.1) is 13.8 Å². The van der Waals surface area contributed by atoms with Gasteiger partial charge >= 0.3 is 0 Å². The molecule has 0 unspecified atom stereocenters. The fourth-order valence-corrected chi connectivity index (χ4v) is 2.55. The van der Waals surface area contributed by atoms with Crippen LogP contribution in [-0.2, 0) is 9.59 Å². The highest BCUT2D eigenvalue weighted by Gasteiger charge is 2.18. The van der Waals surface area contributed by atoms with Crippen molar-refractivity contribution in [2.75, 3.05) is 10.9 Å². The summed E-state index contributed by atoms with van der Waals surface area (Å²) in [4.78, 5) is 71.0. The topological polar surface area (TPSA) is 177 Å². The van der Waals surface area contributed by atoms with Gasteiger partial charge in [0, 0.05) is 12.1 Å². The van der Waals surface area contributed by atoms with Crippen molar-refractivity contribution < 1.29 is 28.0 Å². The van der Waals surface area contributed by atoms with Crippen molar-refractivity contribution in [3.05, 3.63) is 55.2 Å². The van der Waals surface area contributed by atoms with Gasteiger partial charge in [0.2, 0.25) is 23.6 Å². The van der Waals surface area contributed by atoms with E-state index >= 15 is 0 Å². The molecule has 12 nitrogen and oxygen atoms in total. The number of Topliss-reactive ketones (excluding diaryl/α,β-unsaturated/α-hetero) is 2. The van der Waals surface area contributed by atoms with Crippen molar-refractivity contribution in [2.24, 2.45) is 0 Å². The van der Waals surface area contributed by atoms with E-state index in [1.54, 1.807) is 0 Å². The monoisotopic (exact) mass is 432 g/mol. The zero-order valence-corrected chi connectivity index (χ0v) is 17.1. The smallest absolute Gasteiger partial charge is 0.247 e. The molecule has 2 rings (SSSR count). The molecule has 0 radical (unpaired) electrons. The summed E-state index contributed by atoms with van der Waals surface area (Å²) in [5.41, 5.74) is 7.12. The highest BCUT2D eigenvalue weighted by molar-refractivity contribution is 6.01. The molecule has 0 saturated heterocycles. The Morgan fingerprint density at radius 2 is 1.10 bits per heavy atom. The third-order valence-corrected chi connectivity index (χ3v) is 3.80. The molecule has 0 spiro atoms. The summed E-state index contributed by atoms with van der Waals surface area (Å²) in [7, 11) is 0. The summed E-state index contributed by atoms with van der Waals surface area (Å²) in [6, 6.07) is 2.25. The fraction of sp³-hybridized carbons (Fsp3) is 0.263. The molecule has 12 heteroatoms. The summed E-state index contributed by atoms with van der Waals surface area (Å²) in [6.07, 6.45) is -0.698. The van der Waals surface area contributed by atoms with Crippen LogP contribution in [0.25, 0.3) is 0 Å². The molecule has 0 aliphatic heterocycles. The molecule has 0 atom stereocenters. The van der Waals surface area contributed by atoms with Crippen LogP contribution in [0.5, 0.6) is 0 Å². The van der Waals surface area contributed by atoms with Gasteiger partial charge in [-0.3, -0.25) is 50.5 Å². The van der Waals surface area contributed by atoms with Crippen molar-refractivity contribution in [3.8, 4) is 0 Å². The summed E-state index contributed by atoms with van der Waals surface area (Å²) in [5.74, 6) is -2.95. The van der Waals surface area contributed by atoms with Gasteiger partial charge in [0.05, 0.1) is 0 Å². The van der Waals surface area contributed by atoms with Crippen molar-refractivity contribution in [2.45, 2.75) is 34.1 Å². The van der Waals surface area contributed by atoms with Gasteiger partial charge in [0.1, 0.15) is 29.1 Å². The molecule has 2 aromatic heterocycles. The predicted molar refractivity (Wildman–Crippen MR) is 108 cm³/mol. The molecule has 0 bridgehead atoms. The number of carbonyl (C=O) groups excluding carboxylic acids is 4. The second-order valence-electron chi connectivity index (χ2n) is 6.49. The minimum atomic E-state index is -0.838. The lowest BCUT2D eigenvalue weighted by Crippen LogP contribution is -2.38. The molecule has 0 aliphatic rings. The first kappa shape index (κ1) is 23.1. The highest BCUT2D eigenvalue weighted by Crippen LogP contribution is 2.14. The van der Waals surface area contributed by atoms with Crippen LogP contribution in [0.4, 0.5) is 11.8 Å². The Morgan fingerprint density at radius 1 is 0.742 bits per heavy atom. The Balaban J connectivity index is 2.00. The molecule has 0 fully saturated rings. The molecular weight excluding hydrogens is 412 g/mol. The number of carbonyl (C=O) groups is 4. The average Bonchev–Trinajstić information content (AvgIpc) is 2.62. The van der Waals surface area contributed by atoms with E-state index in [2.05, 4.69) is 21.7 Å². The van der Waals surface area contributed by atoms with E-state index in [0.717, 1.165) is 26.0 Å². The summed E-state index contributed by atoms with van der Waals surface area (Å²) in [6.45, 7) is 5.28. The van der Waals surface area contributed by atoms with E-state index in [0.29, 0.717) is 0 Å². The second kappa shape index (κ2) is 9.52. The average molecular weight is 432 g/mol. The van der Waals surface area contributed by atoms with Crippen LogP contribution in [0.15, 0.2) is 30.6 Å². The number of ketones is 2. The fourth-order valence-electron chi connectivity index (χ4n) is 2.55. The van der Waals surface area contributed by atoms with Crippen LogP contribution < -0.4 is 32.6 Å². The molecule has 4 N–H and O–H groups in total. The summed E-state index contributed by atoms with van der Waals surface area (Å²) in [5, 5.41) is 0. The molecule has 2 amide bonds. The third kappa shape index (κ3) is 5.88. The van der Waals surface area contributed by atoms with Crippen LogP contribution in [-0.4, -0.2) is 23.4 Å². The normalized spacial score (nSPS) is 10.2. The van der Waals surface area contributed by atoms with Crippen molar-refractivity contribution in [3.63, 3.8) is 0 Å². The van der Waals surface area contributed by atoms with E-state index in [9.17, 15) is 28.8 Å². The van der Waals surface area contributed by atoms with Crippen molar-refractivity contribution in [1.82, 2.24) is 10.9 Å². The highest BCUT2D eigenvalue weighted by atomic mass is 16.4. The van der Waals surface area contributed by atoms with Gasteiger partial charge < -0.3 is 8.83 Å². The molecule has 2 aromatic rings. The minimum Gasteiger partial charge on any atom is -0.443 e. The maximum atomic E-state index is 12.0. The number of nitrogens with one attached hydrogen (secondary N) is 4. The van der Waals surface area contributed by atoms with Crippen LogP contribution in [0.3, 0.4) is 0 Å². The predicted octanol–water partition coefficient (Wildman–Crippen LogP) is 0.592. The first-order valence-corrected chi connectivity index (χ1v) is 8.90. The standard InChI is InChI=1S/C19H20N4O8/c1-8-5-12(26)16(10(3)24)18(30-8)22-20-14(28)7-15(29)21-23-19-17(11(4)25)13(27)6-9(2)31-19/h5-6,22-23H,7H2,1-4H3,(H,20,28)(H,21,29). The Kier molecular flexibility index (Phi) is 7.08. The number of rotatable bonds is 8. The van der Waals surface area contributed by atoms with Gasteiger partial charge in [0.15, 0.2) is 22.4 Å². The number of amides is 2. The van der Waals surface area contributed by atoms with Crippen LogP contribution in [0.1, 0.15) is 52.5 Å². The van der Waals surface area contributed by atoms with E-state index in [4.69, 9.17) is 8.83 Å². The van der Waals surface area contributed by atoms with E-state index in [-0.39, 0.29) is 34.4 Å². The van der Waals surface area contributed by atoms with Crippen LogP contribution >= 0.6 is 0 Å². The van der Waals surface area contributed by atoms with E-state index < -0.39 is 40.7 Å². The van der Waals surface area contributed by atoms with Gasteiger partial charge in [-0.2, -0.15) is 0 Å². The number of aryl methyl sites for hydroxylation is 2. The molecule has 2 heterocycles. The van der Waals surface area contributed by atoms with E-state index in [1.165, 1.54) is 13.8 Å². The molecule has 0 aliphatic carbocycles. The lowest BCUT2D eigenvalue weighted by molar-refractivity contribution is -0.128. The number of anilines is 2. The SMILES string of the molecule is CC(=O)c1c(NNC(=O)CC(=O)NNc2oc(C)cc(=O)c2C(C)=O)oc(C)cc1=O. The zero-order chi connectivity index (χ0) is 23.3. The third-order valence-electron chi connectivity index (χ3n) is 3.80. The largest absolute Gasteiger partial charge is 0.443 e. The number of hydrazine groups is 2. The second-order valence-corrected chi connectivity index (χ2v) is 6.49. The maximum absolute atomic E-state index is 12.0. The minimum absolute atomic E-state index is 0.203. The number of hydrogen-bond donors (Lipinski definition) is 4. The van der Waals surface area contributed by atoms with Gasteiger partial charge in [0.25, 0.3) is 0 Å². The lowest BCUT2D eigenvalue weighted by Gasteiger charge is -2.12. The maximum Gasteiger partial charge on any atom is 0.247 e. The number of hydrogen-bond acceptors (Lipinski definition) is 10. The van der Waals surface area contributed by atoms with Gasteiger partial charge in [-0.25, -0.2) is 0 Å². The zero-order valence-electron chi connectivity index (χ0n) is 17.1. The van der Waals surface area contributed by atoms with Gasteiger partial charge in [-0.05, 0) is 27.7 Å². The molecule has 164 valence electrons. The van der Waals surface area contributed by atoms with E-state index in [1.807, 2.05) is 0 Å². The Labute approximate surface area is 174 Å². The molecule has 0 aromatic carbocycles. The van der Waals surface area contributed by atoms with Crippen molar-refractivity contribution in [1.29, 1.82) is 0 Å². The Bertz CT molecular complexity index is 1090. The molecular formula is C19H20N4O8. The molecule has 0 saturated carbocycles. The van der Waals surface area contributed by atoms with Gasteiger partial charge in [-0.15, -0.1) is 0 Å². The Hall–Kier alpha value is -4.22. The van der Waals surface area contributed by atoms with Gasteiger partial charge in [-0.1, -0.05) is 0 Å². The first-order chi connectivity index (χ1) is 14.5. The van der Waals surface area contributed by atoms with Crippen molar-refractivity contribution >= 4 is 35.1 Å². The summed E-state index contributed by atoms with van der Waals surface area (Å²) >= 11 is 0. The quantitative estimate of drug-likeness (QED) is 0.262. The Morgan fingerprint density at radius 3 is 1.42 bits per heavy atom. The van der Waals surface area contributed by atoms with Crippen LogP contribution in [0.2, 0.25) is 0 Å². The summed E-state index contributed by atoms with van der Waals surface area (Å²) < 4.78 is 10.5. The first-order valence-electron chi connectivity index (χ1n) is 8.90.